The summed E-state index contributed by atoms with van der Waals surface area (Å²) in [6.07, 6.45) is 0.535. The number of nitrogens with one attached hydrogen (secondary N) is 2. The highest BCUT2D eigenvalue weighted by molar-refractivity contribution is 7.90. The molecule has 1 heterocycles. The van der Waals surface area contributed by atoms with Crippen LogP contribution >= 0.6 is 0 Å². The predicted molar refractivity (Wildman–Crippen MR) is 108 cm³/mol. The van der Waals surface area contributed by atoms with Crippen molar-refractivity contribution in [2.45, 2.75) is 37.9 Å². The van der Waals surface area contributed by atoms with Gasteiger partial charge in [-0.3, -0.25) is 4.99 Å². The highest BCUT2D eigenvalue weighted by Gasteiger charge is 2.50. The first kappa shape index (κ1) is 23.3. The number of hydrogen-bond donors (Lipinski definition) is 2. The fourth-order valence-corrected chi connectivity index (χ4v) is 4.18. The summed E-state index contributed by atoms with van der Waals surface area (Å²) in [7, 11) is 0.280. The lowest BCUT2D eigenvalue weighted by Crippen LogP contribution is -2.51. The molecular formula is C18H28F3N5O2S. The molecule has 1 saturated heterocycles. The Bertz CT molecular complexity index is 832. The van der Waals surface area contributed by atoms with E-state index in [1.54, 1.807) is 7.05 Å². The Balaban J connectivity index is 1.93. The van der Waals surface area contributed by atoms with Crippen molar-refractivity contribution >= 4 is 21.7 Å². The van der Waals surface area contributed by atoms with Gasteiger partial charge in [0, 0.05) is 52.5 Å². The number of piperidine rings is 1. The van der Waals surface area contributed by atoms with Crippen LogP contribution in [0.5, 0.6) is 0 Å². The third-order valence-corrected chi connectivity index (χ3v) is 6.45. The number of sulfonamides is 1. The smallest absolute Gasteiger partial charge is 0.377 e. The Morgan fingerprint density at radius 3 is 2.41 bits per heavy atom. The SMILES string of the molecule is CN=C(NCc1ccc(C)cc1N(C)C)NC1CCN(S(=O)(=O)C(F)(F)F)CC1. The van der Waals surface area contributed by atoms with Gasteiger partial charge in [-0.1, -0.05) is 12.1 Å². The van der Waals surface area contributed by atoms with E-state index in [0.717, 1.165) is 16.8 Å². The normalized spacial score (nSPS) is 17.3. The van der Waals surface area contributed by atoms with Gasteiger partial charge in [0.2, 0.25) is 0 Å². The quantitative estimate of drug-likeness (QED) is 0.547. The minimum Gasteiger partial charge on any atom is -0.377 e. The Morgan fingerprint density at radius 2 is 1.90 bits per heavy atom. The average molecular weight is 436 g/mol. The van der Waals surface area contributed by atoms with Crippen LogP contribution in [0.25, 0.3) is 0 Å². The number of aryl methyl sites for hydroxylation is 1. The van der Waals surface area contributed by atoms with E-state index in [4.69, 9.17) is 0 Å². The molecule has 0 amide bonds. The molecule has 0 aromatic heterocycles. The molecule has 0 atom stereocenters. The number of anilines is 1. The summed E-state index contributed by atoms with van der Waals surface area (Å²) in [5.74, 6) is 0.521. The molecule has 2 N–H and O–H groups in total. The molecule has 1 fully saturated rings. The van der Waals surface area contributed by atoms with Gasteiger partial charge in [0.15, 0.2) is 5.96 Å². The number of aliphatic imine (C=N–C) groups is 1. The largest absolute Gasteiger partial charge is 0.511 e. The zero-order valence-corrected chi connectivity index (χ0v) is 17.9. The van der Waals surface area contributed by atoms with Gasteiger partial charge in [0.1, 0.15) is 0 Å². The second-order valence-electron chi connectivity index (χ2n) is 7.22. The minimum absolute atomic E-state index is 0.160. The second-order valence-corrected chi connectivity index (χ2v) is 9.15. The standard InChI is InChI=1S/C18H28F3N5O2S/c1-13-5-6-14(16(11-13)25(3)4)12-23-17(22-2)24-15-7-9-26(10-8-15)29(27,28)18(19,20)21/h5-6,11,15H,7-10,12H2,1-4H3,(H2,22,23,24). The summed E-state index contributed by atoms with van der Waals surface area (Å²) >= 11 is 0. The van der Waals surface area contributed by atoms with Gasteiger partial charge >= 0.3 is 15.5 Å². The highest BCUT2D eigenvalue weighted by Crippen LogP contribution is 2.29. The third-order valence-electron chi connectivity index (χ3n) is 4.82. The number of rotatable bonds is 5. The minimum atomic E-state index is -5.26. The Hall–Kier alpha value is -2.01. The molecule has 29 heavy (non-hydrogen) atoms. The molecule has 1 aromatic rings. The van der Waals surface area contributed by atoms with E-state index >= 15 is 0 Å². The van der Waals surface area contributed by atoms with Gasteiger partial charge in [0.25, 0.3) is 0 Å². The summed E-state index contributed by atoms with van der Waals surface area (Å²) in [5, 5.41) is 6.38. The first-order valence-corrected chi connectivity index (χ1v) is 10.7. The zero-order chi connectivity index (χ0) is 21.8. The van der Waals surface area contributed by atoms with Crippen molar-refractivity contribution in [2.75, 3.05) is 39.1 Å². The van der Waals surface area contributed by atoms with Crippen LogP contribution < -0.4 is 15.5 Å². The predicted octanol–water partition coefficient (Wildman–Crippen LogP) is 2.04. The van der Waals surface area contributed by atoms with E-state index < -0.39 is 15.5 Å². The molecule has 1 aromatic carbocycles. The van der Waals surface area contributed by atoms with E-state index in [2.05, 4.69) is 21.7 Å². The summed E-state index contributed by atoms with van der Waals surface area (Å²) in [6.45, 7) is 2.18. The lowest BCUT2D eigenvalue weighted by atomic mass is 10.1. The van der Waals surface area contributed by atoms with Crippen LogP contribution in [0.3, 0.4) is 0 Å². The van der Waals surface area contributed by atoms with Crippen LogP contribution in [0, 0.1) is 6.92 Å². The van der Waals surface area contributed by atoms with Gasteiger partial charge in [-0.15, -0.1) is 0 Å². The number of hydrogen-bond acceptors (Lipinski definition) is 4. The summed E-state index contributed by atoms with van der Waals surface area (Å²) in [5.41, 5.74) is -1.95. The molecule has 0 unspecified atom stereocenters. The monoisotopic (exact) mass is 435 g/mol. The van der Waals surface area contributed by atoms with Gasteiger partial charge in [-0.05, 0) is 37.0 Å². The number of nitrogens with zero attached hydrogens (tertiary/aromatic N) is 3. The van der Waals surface area contributed by atoms with Gasteiger partial charge < -0.3 is 15.5 Å². The third kappa shape index (κ3) is 5.75. The maximum Gasteiger partial charge on any atom is 0.511 e. The first-order chi connectivity index (χ1) is 13.5. The molecule has 11 heteroatoms. The van der Waals surface area contributed by atoms with Crippen LogP contribution in [0.15, 0.2) is 23.2 Å². The Morgan fingerprint density at radius 1 is 1.28 bits per heavy atom. The fraction of sp³-hybridized carbons (Fsp3) is 0.611. The molecule has 1 aliphatic heterocycles. The van der Waals surface area contributed by atoms with Crippen molar-refractivity contribution in [1.82, 2.24) is 14.9 Å². The van der Waals surface area contributed by atoms with Crippen LogP contribution in [0.1, 0.15) is 24.0 Å². The first-order valence-electron chi connectivity index (χ1n) is 9.26. The summed E-state index contributed by atoms with van der Waals surface area (Å²) < 4.78 is 61.5. The van der Waals surface area contributed by atoms with Crippen molar-refractivity contribution in [2.24, 2.45) is 4.99 Å². The van der Waals surface area contributed by atoms with E-state index in [1.807, 2.05) is 38.1 Å². The summed E-state index contributed by atoms with van der Waals surface area (Å²) in [4.78, 5) is 6.19. The maximum absolute atomic E-state index is 12.7. The van der Waals surface area contributed by atoms with Crippen molar-refractivity contribution in [3.63, 3.8) is 0 Å². The van der Waals surface area contributed by atoms with Crippen molar-refractivity contribution in [1.29, 1.82) is 0 Å². The number of halogens is 3. The molecule has 1 aliphatic rings. The van der Waals surface area contributed by atoms with Crippen LogP contribution in [0.4, 0.5) is 18.9 Å². The van der Waals surface area contributed by atoms with E-state index in [9.17, 15) is 21.6 Å². The van der Waals surface area contributed by atoms with Crippen LogP contribution in [-0.4, -0.2) is 64.5 Å². The van der Waals surface area contributed by atoms with Crippen molar-refractivity contribution in [3.05, 3.63) is 29.3 Å². The molecule has 0 bridgehead atoms. The lowest BCUT2D eigenvalue weighted by molar-refractivity contribution is -0.0494. The molecule has 0 radical (unpaired) electrons. The molecule has 2 rings (SSSR count). The topological polar surface area (TPSA) is 77.0 Å². The molecule has 0 spiro atoms. The molecule has 0 saturated carbocycles. The Kier molecular flexibility index (Phi) is 7.39. The van der Waals surface area contributed by atoms with Crippen LogP contribution in [0.2, 0.25) is 0 Å². The Labute approximate surface area is 170 Å². The molecular weight excluding hydrogens is 407 g/mol. The molecule has 0 aliphatic carbocycles. The van der Waals surface area contributed by atoms with Gasteiger partial charge in [-0.25, -0.2) is 8.42 Å². The number of alkyl halides is 3. The molecule has 164 valence electrons. The number of guanidine groups is 1. The van der Waals surface area contributed by atoms with E-state index in [-0.39, 0.29) is 32.0 Å². The van der Waals surface area contributed by atoms with Crippen molar-refractivity contribution < 1.29 is 21.6 Å². The van der Waals surface area contributed by atoms with Crippen molar-refractivity contribution in [3.8, 4) is 0 Å². The molecule has 7 nitrogen and oxygen atoms in total. The van der Waals surface area contributed by atoms with Gasteiger partial charge in [-0.2, -0.15) is 17.5 Å². The fourth-order valence-electron chi connectivity index (χ4n) is 3.19. The average Bonchev–Trinajstić information content (AvgIpc) is 2.65. The maximum atomic E-state index is 12.7. The van der Waals surface area contributed by atoms with E-state index in [1.165, 1.54) is 0 Å². The van der Waals surface area contributed by atoms with E-state index in [0.29, 0.717) is 16.8 Å². The summed E-state index contributed by atoms with van der Waals surface area (Å²) in [6, 6.07) is 5.99. The van der Waals surface area contributed by atoms with Gasteiger partial charge in [0.05, 0.1) is 0 Å². The number of benzene rings is 1. The zero-order valence-electron chi connectivity index (χ0n) is 17.0. The lowest BCUT2D eigenvalue weighted by Gasteiger charge is -2.32. The second kappa shape index (κ2) is 9.21. The van der Waals surface area contributed by atoms with Crippen LogP contribution in [-0.2, 0) is 16.6 Å². The highest BCUT2D eigenvalue weighted by atomic mass is 32.2.